The second-order valence-electron chi connectivity index (χ2n) is 32.9. The molecule has 3 unspecified atom stereocenters. The van der Waals surface area contributed by atoms with Gasteiger partial charge in [-0.2, -0.15) is 0 Å². The van der Waals surface area contributed by atoms with Gasteiger partial charge in [-0.05, 0) is 38.5 Å². The number of hydrogen-bond acceptors (Lipinski definition) is 34. The highest BCUT2D eigenvalue weighted by Crippen LogP contribution is 2.43. The molecule has 5 aliphatic rings. The molecule has 0 spiro atoms. The van der Waals surface area contributed by atoms with Crippen LogP contribution in [0.25, 0.3) is 0 Å². The van der Waals surface area contributed by atoms with Crippen LogP contribution in [0.4, 0.5) is 0 Å². The number of hydrogen-bond donors (Lipinski definition) is 24. The number of nitrogens with one attached hydrogen (secondary N) is 4. The summed E-state index contributed by atoms with van der Waals surface area (Å²) in [6.45, 7) is -0.0343. The van der Waals surface area contributed by atoms with E-state index in [1.165, 1.54) is 70.6 Å². The van der Waals surface area contributed by atoms with Crippen LogP contribution in [-0.4, -0.2) is 366 Å². The van der Waals surface area contributed by atoms with Crippen molar-refractivity contribution in [3.05, 3.63) is 12.2 Å². The number of aliphatic carboxylic acids is 3. The molecule has 5 fully saturated rings. The van der Waals surface area contributed by atoms with Gasteiger partial charge in [0.1, 0.15) is 104 Å². The number of carboxylic acid groups (broad SMARTS) is 3. The largest absolute Gasteiger partial charge is 0.477 e. The van der Waals surface area contributed by atoms with Crippen molar-refractivity contribution in [3.8, 4) is 0 Å². The van der Waals surface area contributed by atoms with E-state index in [9.17, 15) is 136 Å². The lowest BCUT2D eigenvalue weighted by Crippen LogP contribution is -2.72. The summed E-state index contributed by atoms with van der Waals surface area (Å²) in [7, 11) is 0. The highest BCUT2D eigenvalue weighted by atomic mass is 16.8. The van der Waals surface area contributed by atoms with E-state index >= 15 is 0 Å². The third-order valence-electron chi connectivity index (χ3n) is 23.0. The maximum Gasteiger partial charge on any atom is 0.364 e. The van der Waals surface area contributed by atoms with Gasteiger partial charge in [0.15, 0.2) is 12.6 Å². The maximum absolute atomic E-state index is 13.8. The standard InChI is InChI=1S/C81H142N4O37/c1-6-8-10-12-14-16-18-20-21-23-25-27-29-31-33-35-58(99)85-48(49(94)34-32-30-28-26-24-22-19-17-15-13-11-9-7-2)44-113-74-67(105)66(104)69(57(43-90)115-74)116-75-68(106)73(63(101)54(40-87)114-75)122-81(78(111)112)38-52(97)61(84-47(5)93)72(121-81)65(103)56(42-89)118-80(77(109)110)37-51(96)60(83-46(4)92)71(120-80)64(102)55(41-88)117-79(76(107)108)36-50(95)59(82-45(3)91)70(119-79)62(100)53(98)39-86/h16,18,48-57,59-75,86-90,94-98,100-106H,6-15,17,19-44H2,1-5H3,(H,82,91)(H,83,92)(H,84,93)(H,85,99)(H,107,108)(H,109,110)(H,111,112)/t48-,49+,50-,51-,52-,53+,54+,55+,56+,57+,59+,60+,61+,62+,63-,64+,65+,66+,67+,68+,69+,70?,71?,72?,73-,74+,75-,79+,80+,81-/m0/s1. The van der Waals surface area contributed by atoms with E-state index in [0.717, 1.165) is 104 Å². The SMILES string of the molecule is CCCCCCC=CCCCCCCCCCC(=O)N[C@@H](CO[C@@H]1O[C@H](CO)[C@@H](O[C@@H]2O[C@H](CO)[C@H](O)[C@H](O[C@]3(C(=O)O)C[C@H](O)[C@@H](NC(C)=O)C([C@H](O)[C@@H](CO)O[C@]4(C(=O)O)C[C@H](O)[C@@H](NC(C)=O)C([C@H](O)[C@@H](CO)O[C@]5(C(=O)O)C[C@H](O)[C@@H](NC(C)=O)C([C@H](O)[C@H](O)CO)O5)O4)O3)[C@H]2O)[C@H](O)[C@H]1O)[C@H](O)CCCCCCCCCCCCCCC. The molecule has 0 radical (unpaired) electrons. The summed E-state index contributed by atoms with van der Waals surface area (Å²) in [6.07, 6.45) is -22.9. The first-order chi connectivity index (χ1) is 58.0. The smallest absolute Gasteiger partial charge is 0.364 e. The van der Waals surface area contributed by atoms with Gasteiger partial charge in [0.2, 0.25) is 23.6 Å². The molecule has 4 amide bonds. The summed E-state index contributed by atoms with van der Waals surface area (Å²) in [5.74, 6) is -20.5. The van der Waals surface area contributed by atoms with Gasteiger partial charge in [-0.15, -0.1) is 0 Å². The average Bonchev–Trinajstić information content (AvgIpc) is 0.750. The van der Waals surface area contributed by atoms with E-state index in [2.05, 4.69) is 47.3 Å². The third-order valence-corrected chi connectivity index (χ3v) is 23.0. The van der Waals surface area contributed by atoms with Crippen molar-refractivity contribution in [1.29, 1.82) is 0 Å². The highest BCUT2D eigenvalue weighted by molar-refractivity contribution is 5.79. The van der Waals surface area contributed by atoms with Crippen molar-refractivity contribution < 1.29 is 183 Å². The van der Waals surface area contributed by atoms with Gasteiger partial charge in [0, 0.05) is 46.5 Å². The van der Waals surface area contributed by atoms with E-state index < -0.39 is 277 Å². The lowest BCUT2D eigenvalue weighted by Gasteiger charge is -2.51. The van der Waals surface area contributed by atoms with Gasteiger partial charge < -0.3 is 171 Å². The first-order valence-electron chi connectivity index (χ1n) is 43.3. The number of allylic oxidation sites excluding steroid dienone is 2. The summed E-state index contributed by atoms with van der Waals surface area (Å²) in [6, 6.07) is -6.94. The molecule has 0 aromatic rings. The third kappa shape index (κ3) is 31.7. The van der Waals surface area contributed by atoms with Crippen LogP contribution >= 0.6 is 0 Å². The molecule has 0 saturated carbocycles. The number of rotatable bonds is 59. The molecule has 0 aromatic heterocycles. The Labute approximate surface area is 711 Å². The summed E-state index contributed by atoms with van der Waals surface area (Å²) < 4.78 is 58.3. The molecule has 5 saturated heterocycles. The van der Waals surface area contributed by atoms with Gasteiger partial charge in [-0.3, -0.25) is 19.2 Å². The Morgan fingerprint density at radius 3 is 1.23 bits per heavy atom. The molecule has 0 aromatic carbocycles. The van der Waals surface area contributed by atoms with Crippen LogP contribution in [0.2, 0.25) is 0 Å². The fraction of sp³-hybridized carbons (Fsp3) is 0.889. The molecule has 41 heteroatoms. The molecule has 708 valence electrons. The van der Waals surface area contributed by atoms with E-state index in [4.69, 9.17) is 47.4 Å². The Balaban J connectivity index is 1.35. The van der Waals surface area contributed by atoms with E-state index in [-0.39, 0.29) is 18.7 Å². The number of carbonyl (C=O) groups excluding carboxylic acids is 4. The molecular weight excluding hydrogens is 1620 g/mol. The Kier molecular flexibility index (Phi) is 47.9. The van der Waals surface area contributed by atoms with Gasteiger partial charge in [-0.25, -0.2) is 14.4 Å². The molecule has 5 rings (SSSR count). The van der Waals surface area contributed by atoms with E-state index in [1.807, 2.05) is 0 Å². The van der Waals surface area contributed by atoms with Crippen molar-refractivity contribution in [2.75, 3.05) is 39.6 Å². The van der Waals surface area contributed by atoms with Gasteiger partial charge in [0.05, 0.1) is 88.2 Å². The number of amides is 4. The highest BCUT2D eigenvalue weighted by Gasteiger charge is 2.64. The average molecular weight is 1760 g/mol. The fourth-order valence-electron chi connectivity index (χ4n) is 16.1. The number of aliphatic hydroxyl groups is 17. The Bertz CT molecular complexity index is 3100. The van der Waals surface area contributed by atoms with Gasteiger partial charge >= 0.3 is 17.9 Å². The van der Waals surface area contributed by atoms with Crippen molar-refractivity contribution in [3.63, 3.8) is 0 Å². The van der Waals surface area contributed by atoms with Crippen LogP contribution in [0.3, 0.4) is 0 Å². The number of ether oxygens (including phenoxy) is 10. The minimum atomic E-state index is -3.57. The summed E-state index contributed by atoms with van der Waals surface area (Å²) in [5, 5.41) is 235. The van der Waals surface area contributed by atoms with Crippen molar-refractivity contribution in [1.82, 2.24) is 21.3 Å². The molecule has 0 aliphatic carbocycles. The fourth-order valence-corrected chi connectivity index (χ4v) is 16.1. The minimum absolute atomic E-state index is 0.138. The lowest BCUT2D eigenvalue weighted by molar-refractivity contribution is -0.388. The Morgan fingerprint density at radius 2 is 0.820 bits per heavy atom. The van der Waals surface area contributed by atoms with Crippen LogP contribution in [0.5, 0.6) is 0 Å². The second kappa shape index (κ2) is 54.3. The predicted octanol–water partition coefficient (Wildman–Crippen LogP) is -2.49. The van der Waals surface area contributed by atoms with E-state index in [0.29, 0.717) is 12.8 Å². The molecule has 122 heavy (non-hydrogen) atoms. The zero-order chi connectivity index (χ0) is 90.6. The Hall–Kier alpha value is -5.05. The number of carboxylic acids is 3. The molecule has 0 bridgehead atoms. The first-order valence-corrected chi connectivity index (χ1v) is 43.3. The molecular formula is C81H142N4O37. The summed E-state index contributed by atoms with van der Waals surface area (Å²) in [4.78, 5) is 92.1. The van der Waals surface area contributed by atoms with Crippen LogP contribution in [0.15, 0.2) is 12.2 Å². The summed E-state index contributed by atoms with van der Waals surface area (Å²) >= 11 is 0. The second-order valence-corrected chi connectivity index (χ2v) is 32.9. The van der Waals surface area contributed by atoms with Crippen LogP contribution in [0.1, 0.15) is 234 Å². The first kappa shape index (κ1) is 107. The van der Waals surface area contributed by atoms with Crippen LogP contribution in [-0.2, 0) is 80.9 Å². The number of carbonyl (C=O) groups is 7. The predicted molar refractivity (Wildman–Crippen MR) is 424 cm³/mol. The van der Waals surface area contributed by atoms with Crippen LogP contribution in [0, 0.1) is 0 Å². The van der Waals surface area contributed by atoms with Crippen molar-refractivity contribution >= 4 is 41.5 Å². The van der Waals surface area contributed by atoms with Crippen LogP contribution < -0.4 is 21.3 Å². The number of unbranched alkanes of at least 4 members (excludes halogenated alkanes) is 23. The number of aliphatic hydroxyl groups excluding tert-OH is 17. The minimum Gasteiger partial charge on any atom is -0.477 e. The maximum atomic E-state index is 13.8. The van der Waals surface area contributed by atoms with Crippen molar-refractivity contribution in [2.24, 2.45) is 0 Å². The lowest BCUT2D eigenvalue weighted by atomic mass is 9.86. The van der Waals surface area contributed by atoms with Gasteiger partial charge in [0.25, 0.3) is 17.4 Å². The molecule has 41 nitrogen and oxygen atoms in total. The zero-order valence-electron chi connectivity index (χ0n) is 70.8. The molecule has 24 N–H and O–H groups in total. The monoisotopic (exact) mass is 1760 g/mol. The molecule has 5 heterocycles. The summed E-state index contributed by atoms with van der Waals surface area (Å²) in [5.41, 5.74) is 0. The normalized spacial score (nSPS) is 32.8. The Morgan fingerprint density at radius 1 is 0.434 bits per heavy atom. The zero-order valence-corrected chi connectivity index (χ0v) is 70.8. The molecule has 5 aliphatic heterocycles. The topological polar surface area (TPSA) is 665 Å². The van der Waals surface area contributed by atoms with E-state index in [1.54, 1.807) is 0 Å². The molecule has 30 atom stereocenters. The van der Waals surface area contributed by atoms with Crippen molar-refractivity contribution in [2.45, 2.75) is 416 Å². The quantitative estimate of drug-likeness (QED) is 0.0221. The van der Waals surface area contributed by atoms with Gasteiger partial charge in [-0.1, -0.05) is 161 Å².